The van der Waals surface area contributed by atoms with Crippen LogP contribution in [0.2, 0.25) is 0 Å². The first-order chi connectivity index (χ1) is 16.1. The molecule has 0 radical (unpaired) electrons. The van der Waals surface area contributed by atoms with Gasteiger partial charge in [-0.1, -0.05) is 60.6 Å². The Morgan fingerprint density at radius 3 is 2.41 bits per heavy atom. The molecule has 0 saturated carbocycles. The van der Waals surface area contributed by atoms with E-state index < -0.39 is 0 Å². The summed E-state index contributed by atoms with van der Waals surface area (Å²) >= 11 is 0. The van der Waals surface area contributed by atoms with Crippen LogP contribution in [0.5, 0.6) is 0 Å². The predicted molar refractivity (Wildman–Crippen MR) is 131 cm³/mol. The molecule has 0 bridgehead atoms. The summed E-state index contributed by atoms with van der Waals surface area (Å²) in [6.07, 6.45) is 1.75. The lowest BCUT2D eigenvalue weighted by atomic mass is 9.95. The van der Waals surface area contributed by atoms with Gasteiger partial charge < -0.3 is 4.42 Å². The van der Waals surface area contributed by atoms with Crippen LogP contribution in [-0.4, -0.2) is 9.55 Å². The van der Waals surface area contributed by atoms with Crippen molar-refractivity contribution in [3.8, 4) is 28.2 Å². The van der Waals surface area contributed by atoms with E-state index in [1.165, 1.54) is 22.3 Å². The van der Waals surface area contributed by atoms with Crippen molar-refractivity contribution < 1.29 is 5.79 Å². The molecule has 154 valence electrons. The number of fused-ring (bicyclic) bond motifs is 2. The molecule has 2 heterocycles. The molecule has 2 aromatic heterocycles. The summed E-state index contributed by atoms with van der Waals surface area (Å²) in [4.78, 5) is 5.00. The Bertz CT molecular complexity index is 1620. The van der Waals surface area contributed by atoms with Crippen molar-refractivity contribution in [1.29, 1.82) is 0 Å². The summed E-state index contributed by atoms with van der Waals surface area (Å²) in [6.45, 7) is 4.33. The summed E-state index contributed by atoms with van der Waals surface area (Å²) in [7, 11) is 0. The van der Waals surface area contributed by atoms with Gasteiger partial charge in [-0.15, -0.1) is 0 Å². The lowest BCUT2D eigenvalue weighted by Crippen LogP contribution is -2.00. The van der Waals surface area contributed by atoms with E-state index in [4.69, 9.17) is 10.8 Å². The summed E-state index contributed by atoms with van der Waals surface area (Å²) in [5.41, 5.74) is 9.59. The zero-order chi connectivity index (χ0) is 22.5. The number of aromatic nitrogens is 2. The van der Waals surface area contributed by atoms with Crippen molar-refractivity contribution in [3.63, 3.8) is 0 Å². The predicted octanol–water partition coefficient (Wildman–Crippen LogP) is 7.72. The summed E-state index contributed by atoms with van der Waals surface area (Å²) in [5, 5.41) is 0.955. The molecular formula is C29H22N2O. The van der Waals surface area contributed by atoms with Crippen molar-refractivity contribution in [2.24, 2.45) is 0 Å². The van der Waals surface area contributed by atoms with Gasteiger partial charge in [0.25, 0.3) is 0 Å². The van der Waals surface area contributed by atoms with Gasteiger partial charge in [0.1, 0.15) is 17.7 Å². The lowest BCUT2D eigenvalue weighted by Gasteiger charge is -2.16. The second-order valence-corrected chi connectivity index (χ2v) is 8.15. The van der Waals surface area contributed by atoms with Crippen LogP contribution >= 0.6 is 0 Å². The molecule has 32 heavy (non-hydrogen) atoms. The van der Waals surface area contributed by atoms with Crippen molar-refractivity contribution in [1.82, 2.24) is 9.55 Å². The minimum absolute atomic E-state index is 0.430. The molecule has 4 aromatic carbocycles. The first kappa shape index (κ1) is 17.6. The zero-order valence-corrected chi connectivity index (χ0v) is 18.0. The van der Waals surface area contributed by atoms with E-state index in [0.717, 1.165) is 33.5 Å². The number of hydrogen-bond acceptors (Lipinski definition) is 2. The molecule has 6 aromatic rings. The fourth-order valence-corrected chi connectivity index (χ4v) is 4.69. The van der Waals surface area contributed by atoms with Crippen molar-refractivity contribution >= 4 is 22.0 Å². The van der Waals surface area contributed by atoms with Gasteiger partial charge in [-0.25, -0.2) is 4.98 Å². The molecule has 3 heteroatoms. The van der Waals surface area contributed by atoms with Crippen LogP contribution in [0.25, 0.3) is 50.2 Å². The quantitative estimate of drug-likeness (QED) is 0.296. The van der Waals surface area contributed by atoms with E-state index in [1.807, 2.05) is 30.3 Å². The van der Waals surface area contributed by atoms with Crippen molar-refractivity contribution in [2.75, 3.05) is 0 Å². The van der Waals surface area contributed by atoms with Crippen LogP contribution in [-0.2, 0) is 0 Å². The van der Waals surface area contributed by atoms with E-state index in [9.17, 15) is 0 Å². The molecule has 0 aliphatic carbocycles. The van der Waals surface area contributed by atoms with E-state index in [1.54, 1.807) is 18.4 Å². The fraction of sp³-hybridized carbons (Fsp3) is 0.0690. The molecule has 0 fully saturated rings. The maximum absolute atomic E-state index is 7.91. The topological polar surface area (TPSA) is 31.0 Å². The second kappa shape index (κ2) is 7.24. The smallest absolute Gasteiger partial charge is 0.149 e. The standard InChI is InChI=1S/C29H22N2O/c1-19-16-22(17-20(2)28(19)21-10-4-3-5-11-21)31-26-14-8-7-13-25(26)30-29(31)24-18-32-27-15-9-6-12-23(24)27/h3-18H,1-2H3/i9D. The Morgan fingerprint density at radius 2 is 1.59 bits per heavy atom. The number of furan rings is 1. The molecule has 0 amide bonds. The maximum atomic E-state index is 7.91. The Labute approximate surface area is 188 Å². The molecule has 0 atom stereocenters. The summed E-state index contributed by atoms with van der Waals surface area (Å²) in [5.74, 6) is 0.832. The highest BCUT2D eigenvalue weighted by molar-refractivity contribution is 5.95. The van der Waals surface area contributed by atoms with E-state index in [0.29, 0.717) is 11.6 Å². The first-order valence-electron chi connectivity index (χ1n) is 11.2. The van der Waals surface area contributed by atoms with Crippen LogP contribution in [0, 0.1) is 13.8 Å². The zero-order valence-electron chi connectivity index (χ0n) is 19.0. The number of imidazole rings is 1. The molecule has 0 spiro atoms. The molecule has 0 aliphatic rings. The summed E-state index contributed by atoms with van der Waals surface area (Å²) in [6, 6.07) is 29.1. The first-order valence-corrected chi connectivity index (χ1v) is 10.7. The highest BCUT2D eigenvalue weighted by Gasteiger charge is 2.19. The fourth-order valence-electron chi connectivity index (χ4n) is 4.69. The third-order valence-corrected chi connectivity index (χ3v) is 6.06. The van der Waals surface area contributed by atoms with Gasteiger partial charge in [-0.3, -0.25) is 4.57 Å². The van der Waals surface area contributed by atoms with Crippen LogP contribution < -0.4 is 0 Å². The highest BCUT2D eigenvalue weighted by Crippen LogP contribution is 2.36. The van der Waals surface area contributed by atoms with Gasteiger partial charge in [0, 0.05) is 11.1 Å². The summed E-state index contributed by atoms with van der Waals surface area (Å²) < 4.78 is 15.9. The van der Waals surface area contributed by atoms with Crippen LogP contribution in [0.15, 0.2) is 102 Å². The molecule has 0 saturated heterocycles. The van der Waals surface area contributed by atoms with Crippen LogP contribution in [0.1, 0.15) is 12.5 Å². The number of para-hydroxylation sites is 3. The van der Waals surface area contributed by atoms with Gasteiger partial charge in [0.15, 0.2) is 0 Å². The second-order valence-electron chi connectivity index (χ2n) is 8.15. The Kier molecular flexibility index (Phi) is 3.97. The van der Waals surface area contributed by atoms with Gasteiger partial charge in [0.05, 0.1) is 18.0 Å². The monoisotopic (exact) mass is 415 g/mol. The lowest BCUT2D eigenvalue weighted by molar-refractivity contribution is 0.616. The highest BCUT2D eigenvalue weighted by atomic mass is 16.3. The van der Waals surface area contributed by atoms with Gasteiger partial charge in [0.2, 0.25) is 0 Å². The number of rotatable bonds is 3. The number of hydrogen-bond donors (Lipinski definition) is 0. The van der Waals surface area contributed by atoms with Gasteiger partial charge >= 0.3 is 0 Å². The van der Waals surface area contributed by atoms with Crippen molar-refractivity contribution in [3.05, 3.63) is 108 Å². The van der Waals surface area contributed by atoms with Gasteiger partial charge in [-0.05, 0) is 66.4 Å². The third kappa shape index (κ3) is 2.86. The molecule has 0 unspecified atom stereocenters. The largest absolute Gasteiger partial charge is 0.464 e. The Hall–Kier alpha value is -4.11. The molecule has 0 N–H and O–H groups in total. The minimum Gasteiger partial charge on any atom is -0.464 e. The number of nitrogens with zero attached hydrogens (tertiary/aromatic N) is 2. The van der Waals surface area contributed by atoms with Gasteiger partial charge in [-0.2, -0.15) is 0 Å². The molecule has 0 aliphatic heterocycles. The Morgan fingerprint density at radius 1 is 0.844 bits per heavy atom. The SMILES string of the molecule is [2H]c1ccc2c(-c3nc4ccccc4n3-c3cc(C)c(-c4ccccc4)c(C)c3)coc2c1. The van der Waals surface area contributed by atoms with E-state index >= 15 is 0 Å². The van der Waals surface area contributed by atoms with Crippen LogP contribution in [0.4, 0.5) is 0 Å². The normalized spacial score (nSPS) is 11.9. The average Bonchev–Trinajstić information content (AvgIpc) is 3.40. The van der Waals surface area contributed by atoms with E-state index in [2.05, 4.69) is 60.9 Å². The van der Waals surface area contributed by atoms with E-state index in [-0.39, 0.29) is 0 Å². The minimum atomic E-state index is 0.430. The molecule has 6 rings (SSSR count). The van der Waals surface area contributed by atoms with Crippen LogP contribution in [0.3, 0.4) is 0 Å². The number of aryl methyl sites for hydroxylation is 2. The average molecular weight is 416 g/mol. The third-order valence-electron chi connectivity index (χ3n) is 6.06. The molecule has 3 nitrogen and oxygen atoms in total. The number of benzene rings is 4. The molecular weight excluding hydrogens is 392 g/mol. The Balaban J connectivity index is 1.62. The van der Waals surface area contributed by atoms with Crippen molar-refractivity contribution in [2.45, 2.75) is 13.8 Å². The maximum Gasteiger partial charge on any atom is 0.149 e.